The second-order valence-electron chi connectivity index (χ2n) is 4.23. The van der Waals surface area contributed by atoms with Gasteiger partial charge in [0.05, 0.1) is 6.10 Å². The molecule has 0 aliphatic carbocycles. The molecule has 2 rings (SSSR count). The van der Waals surface area contributed by atoms with Gasteiger partial charge in [0.25, 0.3) is 0 Å². The summed E-state index contributed by atoms with van der Waals surface area (Å²) in [5.74, 6) is -1.86. The van der Waals surface area contributed by atoms with Crippen LogP contribution in [0, 0.1) is 11.6 Å². The molecule has 0 spiro atoms. The predicted octanol–water partition coefficient (Wildman–Crippen LogP) is 1.92. The quantitative estimate of drug-likeness (QED) is 0.833. The lowest BCUT2D eigenvalue weighted by Crippen LogP contribution is -2.33. The average molecular weight is 243 g/mol. The number of hydrogen-bond donors (Lipinski definition) is 2. The Bertz CT molecular complexity index is 414. The van der Waals surface area contributed by atoms with Crippen LogP contribution in [0.25, 0.3) is 0 Å². The van der Waals surface area contributed by atoms with Gasteiger partial charge >= 0.3 is 0 Å². The lowest BCUT2D eigenvalue weighted by atomic mass is 10.0. The SMILES string of the molecule is CC1CC(Nc2nc(N)c(F)cc2F)CCO1. The highest BCUT2D eigenvalue weighted by molar-refractivity contribution is 5.45. The number of halogens is 2. The summed E-state index contributed by atoms with van der Waals surface area (Å²) in [4.78, 5) is 3.67. The van der Waals surface area contributed by atoms with Crippen molar-refractivity contribution in [1.29, 1.82) is 0 Å². The van der Waals surface area contributed by atoms with Crippen molar-refractivity contribution in [3.05, 3.63) is 17.7 Å². The molecule has 2 atom stereocenters. The Hall–Kier alpha value is -1.43. The van der Waals surface area contributed by atoms with Gasteiger partial charge in [-0.25, -0.2) is 13.8 Å². The first-order valence-corrected chi connectivity index (χ1v) is 5.56. The summed E-state index contributed by atoms with van der Waals surface area (Å²) in [6, 6.07) is 0.818. The van der Waals surface area contributed by atoms with Crippen LogP contribution in [-0.2, 0) is 4.74 Å². The maximum atomic E-state index is 13.4. The molecule has 1 aromatic rings. The van der Waals surface area contributed by atoms with Crippen molar-refractivity contribution in [2.45, 2.75) is 31.9 Å². The number of hydrogen-bond acceptors (Lipinski definition) is 4. The normalized spacial score (nSPS) is 24.6. The Labute approximate surface area is 98.2 Å². The number of aromatic nitrogens is 1. The van der Waals surface area contributed by atoms with Gasteiger partial charge in [-0.3, -0.25) is 0 Å². The number of ether oxygens (including phenoxy) is 1. The first-order chi connectivity index (χ1) is 8.06. The smallest absolute Gasteiger partial charge is 0.168 e. The first-order valence-electron chi connectivity index (χ1n) is 5.56. The van der Waals surface area contributed by atoms with Gasteiger partial charge in [-0.2, -0.15) is 0 Å². The number of nitrogens with one attached hydrogen (secondary N) is 1. The number of nitrogens with two attached hydrogens (primary N) is 1. The molecule has 1 aromatic heterocycles. The van der Waals surface area contributed by atoms with Crippen molar-refractivity contribution >= 4 is 11.6 Å². The van der Waals surface area contributed by atoms with Gasteiger partial charge in [-0.1, -0.05) is 0 Å². The largest absolute Gasteiger partial charge is 0.381 e. The number of nitrogens with zero attached hydrogens (tertiary/aromatic N) is 1. The van der Waals surface area contributed by atoms with E-state index in [4.69, 9.17) is 10.5 Å². The van der Waals surface area contributed by atoms with E-state index in [9.17, 15) is 8.78 Å². The third-order valence-electron chi connectivity index (χ3n) is 2.78. The molecule has 2 unspecified atom stereocenters. The van der Waals surface area contributed by atoms with E-state index in [0.717, 1.165) is 18.9 Å². The average Bonchev–Trinajstić information content (AvgIpc) is 2.26. The summed E-state index contributed by atoms with van der Waals surface area (Å²) in [7, 11) is 0. The van der Waals surface area contributed by atoms with Crippen LogP contribution in [-0.4, -0.2) is 23.7 Å². The molecule has 17 heavy (non-hydrogen) atoms. The summed E-state index contributed by atoms with van der Waals surface area (Å²) in [6.07, 6.45) is 1.66. The monoisotopic (exact) mass is 243 g/mol. The third kappa shape index (κ3) is 2.82. The van der Waals surface area contributed by atoms with Crippen molar-refractivity contribution in [1.82, 2.24) is 4.98 Å². The van der Waals surface area contributed by atoms with Crippen LogP contribution < -0.4 is 11.1 Å². The lowest BCUT2D eigenvalue weighted by Gasteiger charge is -2.28. The minimum atomic E-state index is -0.839. The van der Waals surface area contributed by atoms with E-state index in [2.05, 4.69) is 10.3 Å². The molecule has 4 nitrogen and oxygen atoms in total. The molecule has 0 bridgehead atoms. The van der Waals surface area contributed by atoms with Gasteiger partial charge < -0.3 is 15.8 Å². The van der Waals surface area contributed by atoms with Gasteiger partial charge in [0.1, 0.15) is 0 Å². The molecule has 6 heteroatoms. The zero-order valence-corrected chi connectivity index (χ0v) is 9.54. The molecule has 1 aliphatic rings. The molecule has 0 radical (unpaired) electrons. The van der Waals surface area contributed by atoms with E-state index < -0.39 is 11.6 Å². The van der Waals surface area contributed by atoms with Gasteiger partial charge in [0.2, 0.25) is 0 Å². The molecule has 1 saturated heterocycles. The van der Waals surface area contributed by atoms with Crippen LogP contribution in [0.3, 0.4) is 0 Å². The van der Waals surface area contributed by atoms with Crippen LogP contribution in [0.5, 0.6) is 0 Å². The number of anilines is 2. The number of rotatable bonds is 2. The minimum Gasteiger partial charge on any atom is -0.381 e. The third-order valence-corrected chi connectivity index (χ3v) is 2.78. The highest BCUT2D eigenvalue weighted by Crippen LogP contribution is 2.21. The van der Waals surface area contributed by atoms with E-state index >= 15 is 0 Å². The molecule has 2 heterocycles. The van der Waals surface area contributed by atoms with E-state index in [-0.39, 0.29) is 23.8 Å². The molecular formula is C11H15F2N3O. The summed E-state index contributed by atoms with van der Waals surface area (Å²) < 4.78 is 31.7. The van der Waals surface area contributed by atoms with E-state index in [0.29, 0.717) is 6.61 Å². The van der Waals surface area contributed by atoms with E-state index in [1.807, 2.05) is 6.92 Å². The van der Waals surface area contributed by atoms with Crippen LogP contribution >= 0.6 is 0 Å². The van der Waals surface area contributed by atoms with Gasteiger partial charge in [-0.05, 0) is 19.8 Å². The van der Waals surface area contributed by atoms with Gasteiger partial charge in [0, 0.05) is 18.7 Å². The maximum Gasteiger partial charge on any atom is 0.168 e. The Kier molecular flexibility index (Phi) is 3.42. The molecule has 94 valence electrons. The van der Waals surface area contributed by atoms with Gasteiger partial charge in [-0.15, -0.1) is 0 Å². The predicted molar refractivity (Wildman–Crippen MR) is 60.6 cm³/mol. The summed E-state index contributed by atoms with van der Waals surface area (Å²) in [6.45, 7) is 2.58. The molecule has 1 aliphatic heterocycles. The van der Waals surface area contributed by atoms with E-state index in [1.54, 1.807) is 0 Å². The molecular weight excluding hydrogens is 228 g/mol. The van der Waals surface area contributed by atoms with Crippen LogP contribution in [0.1, 0.15) is 19.8 Å². The van der Waals surface area contributed by atoms with Crippen molar-refractivity contribution in [2.75, 3.05) is 17.7 Å². The van der Waals surface area contributed by atoms with Crippen molar-refractivity contribution in [3.8, 4) is 0 Å². The maximum absolute atomic E-state index is 13.4. The fourth-order valence-electron chi connectivity index (χ4n) is 1.90. The van der Waals surface area contributed by atoms with Crippen LogP contribution in [0.15, 0.2) is 6.07 Å². The lowest BCUT2D eigenvalue weighted by molar-refractivity contribution is 0.0231. The fraction of sp³-hybridized carbons (Fsp3) is 0.545. The Balaban J connectivity index is 2.10. The molecule has 0 aromatic carbocycles. The highest BCUT2D eigenvalue weighted by Gasteiger charge is 2.21. The van der Waals surface area contributed by atoms with Crippen molar-refractivity contribution < 1.29 is 13.5 Å². The summed E-state index contributed by atoms with van der Waals surface area (Å²) in [5, 5.41) is 2.93. The van der Waals surface area contributed by atoms with Crippen LogP contribution in [0.4, 0.5) is 20.4 Å². The number of nitrogen functional groups attached to an aromatic ring is 1. The van der Waals surface area contributed by atoms with Crippen molar-refractivity contribution in [3.63, 3.8) is 0 Å². The van der Waals surface area contributed by atoms with E-state index in [1.165, 1.54) is 0 Å². The highest BCUT2D eigenvalue weighted by atomic mass is 19.1. The fourth-order valence-corrected chi connectivity index (χ4v) is 1.90. The second kappa shape index (κ2) is 4.83. The molecule has 1 fully saturated rings. The molecule has 0 saturated carbocycles. The minimum absolute atomic E-state index is 0.00278. The second-order valence-corrected chi connectivity index (χ2v) is 4.23. The standard InChI is InChI=1S/C11H15F2N3O/c1-6-4-7(2-3-17-6)15-11-9(13)5-8(12)10(14)16-11/h5-7H,2-4H2,1H3,(H3,14,15,16). The Morgan fingerprint density at radius 2 is 2.24 bits per heavy atom. The van der Waals surface area contributed by atoms with Crippen molar-refractivity contribution in [2.24, 2.45) is 0 Å². The topological polar surface area (TPSA) is 60.2 Å². The van der Waals surface area contributed by atoms with Crippen LogP contribution in [0.2, 0.25) is 0 Å². The molecule has 3 N–H and O–H groups in total. The zero-order chi connectivity index (χ0) is 12.4. The Morgan fingerprint density at radius 3 is 2.94 bits per heavy atom. The summed E-state index contributed by atoms with van der Waals surface area (Å²) in [5.41, 5.74) is 5.30. The summed E-state index contributed by atoms with van der Waals surface area (Å²) >= 11 is 0. The molecule has 0 amide bonds. The Morgan fingerprint density at radius 1 is 1.47 bits per heavy atom. The van der Waals surface area contributed by atoms with Gasteiger partial charge in [0.15, 0.2) is 23.3 Å². The number of pyridine rings is 1. The zero-order valence-electron chi connectivity index (χ0n) is 9.54. The first kappa shape index (κ1) is 12.0.